The van der Waals surface area contributed by atoms with E-state index in [1.807, 2.05) is 17.2 Å². The van der Waals surface area contributed by atoms with Crippen molar-refractivity contribution in [1.82, 2.24) is 9.88 Å². The molecule has 4 fully saturated rings. The molecule has 2 atom stereocenters. The van der Waals surface area contributed by atoms with Crippen LogP contribution in [-0.2, 0) is 4.79 Å². The number of likely N-dealkylation sites (tertiary alicyclic amines) is 1. The van der Waals surface area contributed by atoms with Gasteiger partial charge in [-0.15, -0.1) is 0 Å². The van der Waals surface area contributed by atoms with Crippen molar-refractivity contribution < 1.29 is 9.90 Å². The molecule has 6 nitrogen and oxygen atoms in total. The second-order valence-electron chi connectivity index (χ2n) is 10.0. The van der Waals surface area contributed by atoms with E-state index in [-0.39, 0.29) is 5.41 Å². The van der Waals surface area contributed by atoms with Gasteiger partial charge in [0.2, 0.25) is 5.91 Å². The van der Waals surface area contributed by atoms with E-state index in [4.69, 9.17) is 16.6 Å². The quantitative estimate of drug-likeness (QED) is 0.754. The van der Waals surface area contributed by atoms with E-state index < -0.39 is 6.23 Å². The summed E-state index contributed by atoms with van der Waals surface area (Å²) < 4.78 is 0. The van der Waals surface area contributed by atoms with E-state index in [9.17, 15) is 9.90 Å². The maximum absolute atomic E-state index is 13.6. The molecule has 0 radical (unpaired) electrons. The van der Waals surface area contributed by atoms with Gasteiger partial charge in [0.1, 0.15) is 12.0 Å². The molecule has 31 heavy (non-hydrogen) atoms. The summed E-state index contributed by atoms with van der Waals surface area (Å²) in [7, 11) is 0. The molecule has 5 rings (SSSR count). The summed E-state index contributed by atoms with van der Waals surface area (Å²) in [4.78, 5) is 24.7. The molecule has 0 unspecified atom stereocenters. The Morgan fingerprint density at radius 2 is 1.77 bits per heavy atom. The Hall–Kier alpha value is -1.53. The lowest BCUT2D eigenvalue weighted by Gasteiger charge is -2.41. The van der Waals surface area contributed by atoms with Crippen molar-refractivity contribution in [2.75, 3.05) is 36.0 Å². The zero-order chi connectivity index (χ0) is 21.4. The molecule has 1 aliphatic carbocycles. The molecule has 1 aromatic heterocycles. The molecule has 1 aromatic rings. The minimum Gasteiger partial charge on any atom is -0.374 e. The summed E-state index contributed by atoms with van der Waals surface area (Å²) in [6, 6.07) is 2.39. The van der Waals surface area contributed by atoms with E-state index in [1.54, 1.807) is 0 Å². The number of aliphatic hydroxyl groups is 1. The maximum Gasteiger partial charge on any atom is 0.230 e. The van der Waals surface area contributed by atoms with Crippen molar-refractivity contribution in [2.45, 2.75) is 82.9 Å². The Balaban J connectivity index is 1.32. The fourth-order valence-corrected chi connectivity index (χ4v) is 6.59. The predicted molar refractivity (Wildman–Crippen MR) is 124 cm³/mol. The third kappa shape index (κ3) is 4.02. The number of pyridine rings is 1. The lowest BCUT2D eigenvalue weighted by molar-refractivity contribution is -0.138. The number of piperidine rings is 2. The molecular weight excluding hydrogens is 412 g/mol. The van der Waals surface area contributed by atoms with Crippen molar-refractivity contribution in [3.63, 3.8) is 0 Å². The van der Waals surface area contributed by atoms with Crippen molar-refractivity contribution in [3.8, 4) is 0 Å². The predicted octanol–water partition coefficient (Wildman–Crippen LogP) is 4.20. The number of rotatable bonds is 3. The number of hydrogen-bond donors (Lipinski definition) is 1. The first-order valence-corrected chi connectivity index (χ1v) is 12.6. The first kappa shape index (κ1) is 21.3. The van der Waals surface area contributed by atoms with E-state index >= 15 is 0 Å². The smallest absolute Gasteiger partial charge is 0.230 e. The summed E-state index contributed by atoms with van der Waals surface area (Å²) in [6.45, 7) is 3.34. The summed E-state index contributed by atoms with van der Waals surface area (Å²) in [6.07, 6.45) is 13.4. The normalized spacial score (nSPS) is 30.5. The Morgan fingerprint density at radius 1 is 0.968 bits per heavy atom. The highest BCUT2D eigenvalue weighted by molar-refractivity contribution is 6.33. The molecule has 1 N–H and O–H groups in total. The number of carbonyl (C=O) groups is 1. The molecule has 170 valence electrons. The van der Waals surface area contributed by atoms with Gasteiger partial charge in [0.05, 0.1) is 22.3 Å². The molecule has 7 heteroatoms. The van der Waals surface area contributed by atoms with Crippen LogP contribution < -0.4 is 9.80 Å². The fourth-order valence-electron chi connectivity index (χ4n) is 6.31. The number of aromatic nitrogens is 1. The van der Waals surface area contributed by atoms with Crippen LogP contribution in [0, 0.1) is 5.41 Å². The van der Waals surface area contributed by atoms with Crippen molar-refractivity contribution in [1.29, 1.82) is 0 Å². The van der Waals surface area contributed by atoms with Crippen LogP contribution in [0.5, 0.6) is 0 Å². The summed E-state index contributed by atoms with van der Waals surface area (Å²) in [5, 5.41) is 10.9. The highest BCUT2D eigenvalue weighted by Crippen LogP contribution is 2.44. The van der Waals surface area contributed by atoms with Gasteiger partial charge in [-0.1, -0.05) is 30.9 Å². The number of carbonyl (C=O) groups excluding carboxylic acids is 1. The Bertz CT molecular complexity index is 815. The van der Waals surface area contributed by atoms with E-state index in [1.165, 1.54) is 32.1 Å². The highest BCUT2D eigenvalue weighted by atomic mass is 35.5. The lowest BCUT2D eigenvalue weighted by Crippen LogP contribution is -2.50. The molecule has 4 aliphatic rings. The zero-order valence-corrected chi connectivity index (χ0v) is 19.2. The summed E-state index contributed by atoms with van der Waals surface area (Å²) in [5.41, 5.74) is 0.607. The van der Waals surface area contributed by atoms with Gasteiger partial charge in [-0.25, -0.2) is 4.98 Å². The monoisotopic (exact) mass is 446 g/mol. The van der Waals surface area contributed by atoms with Crippen LogP contribution in [0.1, 0.15) is 70.6 Å². The Labute approximate surface area is 190 Å². The van der Waals surface area contributed by atoms with Gasteiger partial charge in [-0.2, -0.15) is 0 Å². The van der Waals surface area contributed by atoms with Crippen molar-refractivity contribution in [3.05, 3.63) is 17.3 Å². The molecule has 3 saturated heterocycles. The fraction of sp³-hybridized carbons (Fsp3) is 0.750. The first-order valence-electron chi connectivity index (χ1n) is 12.2. The number of anilines is 2. The average Bonchev–Trinajstić information content (AvgIpc) is 3.10. The number of aliphatic hydroxyl groups excluding tert-OH is 1. The first-order chi connectivity index (χ1) is 15.1. The molecule has 1 saturated carbocycles. The number of nitrogens with zero attached hydrogens (tertiary/aromatic N) is 4. The second kappa shape index (κ2) is 8.78. The molecule has 1 spiro atoms. The van der Waals surface area contributed by atoms with Crippen LogP contribution in [0.15, 0.2) is 12.3 Å². The maximum atomic E-state index is 13.6. The lowest BCUT2D eigenvalue weighted by atomic mass is 9.78. The van der Waals surface area contributed by atoms with Gasteiger partial charge >= 0.3 is 0 Å². The van der Waals surface area contributed by atoms with Crippen molar-refractivity contribution >= 4 is 29.0 Å². The largest absolute Gasteiger partial charge is 0.374 e. The summed E-state index contributed by atoms with van der Waals surface area (Å²) >= 11 is 6.70. The van der Waals surface area contributed by atoms with Gasteiger partial charge in [0, 0.05) is 32.2 Å². The van der Waals surface area contributed by atoms with Gasteiger partial charge < -0.3 is 19.8 Å². The molecule has 0 aromatic carbocycles. The van der Waals surface area contributed by atoms with Crippen LogP contribution in [0.25, 0.3) is 0 Å². The van der Waals surface area contributed by atoms with Gasteiger partial charge in [0.15, 0.2) is 0 Å². The van der Waals surface area contributed by atoms with Gasteiger partial charge in [-0.3, -0.25) is 4.79 Å². The third-order valence-corrected chi connectivity index (χ3v) is 8.33. The minimum absolute atomic E-state index is 0.275. The third-order valence-electron chi connectivity index (χ3n) is 8.05. The van der Waals surface area contributed by atoms with E-state index in [0.717, 1.165) is 69.7 Å². The van der Waals surface area contributed by atoms with Gasteiger partial charge in [0.25, 0.3) is 0 Å². The van der Waals surface area contributed by atoms with Crippen LogP contribution in [0.4, 0.5) is 11.5 Å². The topological polar surface area (TPSA) is 59.9 Å². The van der Waals surface area contributed by atoms with Crippen LogP contribution in [0.3, 0.4) is 0 Å². The second-order valence-corrected chi connectivity index (χ2v) is 10.4. The van der Waals surface area contributed by atoms with Crippen LogP contribution in [-0.4, -0.2) is 59.3 Å². The standard InChI is InChI=1S/C24H35ClN4O2/c25-20-15-19(28-13-5-4-9-21(28)30)16-26-22(20)27-12-6-10-24(17-27)11-14-29(23(24)31)18-7-2-1-3-8-18/h15-16,18,21,30H,1-14,17H2/t21-,24-/m1/s1. The Morgan fingerprint density at radius 3 is 2.55 bits per heavy atom. The average molecular weight is 447 g/mol. The van der Waals surface area contributed by atoms with Gasteiger partial charge in [-0.05, 0) is 57.4 Å². The number of amides is 1. The SMILES string of the molecule is O=C1N(C2CCCCC2)CC[C@@]12CCCN(c1ncc(N3CCCC[C@H]3O)cc1Cl)C2. The molecule has 0 bridgehead atoms. The van der Waals surface area contributed by atoms with E-state index in [0.29, 0.717) is 23.5 Å². The van der Waals surface area contributed by atoms with Crippen LogP contribution >= 0.6 is 11.6 Å². The molecular formula is C24H35ClN4O2. The van der Waals surface area contributed by atoms with Crippen LogP contribution in [0.2, 0.25) is 5.02 Å². The summed E-state index contributed by atoms with van der Waals surface area (Å²) in [5.74, 6) is 1.15. The molecule has 4 heterocycles. The molecule has 1 amide bonds. The number of halogens is 1. The molecule has 3 aliphatic heterocycles. The minimum atomic E-state index is -0.461. The van der Waals surface area contributed by atoms with E-state index in [2.05, 4.69) is 9.80 Å². The highest BCUT2D eigenvalue weighted by Gasteiger charge is 2.50. The number of hydrogen-bond acceptors (Lipinski definition) is 5. The Kier molecular flexibility index (Phi) is 6.04. The zero-order valence-electron chi connectivity index (χ0n) is 18.4. The van der Waals surface area contributed by atoms with Crippen molar-refractivity contribution in [2.24, 2.45) is 5.41 Å².